The Balaban J connectivity index is 1.89. The smallest absolute Gasteiger partial charge is 0.307 e. The van der Waals surface area contributed by atoms with Crippen molar-refractivity contribution in [3.63, 3.8) is 0 Å². The first-order chi connectivity index (χ1) is 10.1. The number of carboxylic acids is 1. The maximum Gasteiger partial charge on any atom is 0.307 e. The molecular weight excluding hydrogens is 266 g/mol. The van der Waals surface area contributed by atoms with Gasteiger partial charge >= 0.3 is 5.97 Å². The van der Waals surface area contributed by atoms with E-state index in [0.29, 0.717) is 6.61 Å². The summed E-state index contributed by atoms with van der Waals surface area (Å²) in [6, 6.07) is 13.3. The minimum Gasteiger partial charge on any atom is -0.485 e. The highest BCUT2D eigenvalue weighted by atomic mass is 16.5. The predicted octanol–water partition coefficient (Wildman–Crippen LogP) is 3.14. The number of aliphatic carboxylic acids is 1. The van der Waals surface area contributed by atoms with Gasteiger partial charge in [0.05, 0.1) is 12.1 Å². The topological polar surface area (TPSA) is 58.9 Å². The summed E-state index contributed by atoms with van der Waals surface area (Å²) >= 11 is 0. The first-order valence-corrected chi connectivity index (χ1v) is 6.74. The molecule has 1 heterocycles. The second kappa shape index (κ2) is 5.40. The van der Waals surface area contributed by atoms with Crippen molar-refractivity contribution in [2.45, 2.75) is 13.3 Å². The summed E-state index contributed by atoms with van der Waals surface area (Å²) < 4.78 is 5.72. The van der Waals surface area contributed by atoms with Crippen LogP contribution in [0.4, 0.5) is 5.69 Å². The molecule has 0 atom stereocenters. The molecule has 0 amide bonds. The van der Waals surface area contributed by atoms with E-state index in [4.69, 9.17) is 9.84 Å². The molecule has 3 rings (SSSR count). The molecule has 4 heteroatoms. The van der Waals surface area contributed by atoms with Crippen LogP contribution >= 0.6 is 0 Å². The van der Waals surface area contributed by atoms with Crippen molar-refractivity contribution in [2.75, 3.05) is 6.61 Å². The molecule has 0 aromatic heterocycles. The van der Waals surface area contributed by atoms with Crippen LogP contribution in [0.2, 0.25) is 0 Å². The van der Waals surface area contributed by atoms with Gasteiger partial charge < -0.3 is 9.84 Å². The quantitative estimate of drug-likeness (QED) is 0.940. The van der Waals surface area contributed by atoms with Crippen molar-refractivity contribution < 1.29 is 14.6 Å². The summed E-state index contributed by atoms with van der Waals surface area (Å²) in [5, 5.41) is 8.78. The molecule has 1 N–H and O–H groups in total. The molecule has 2 aromatic rings. The number of rotatable bonds is 3. The monoisotopic (exact) mass is 281 g/mol. The Morgan fingerprint density at radius 3 is 2.71 bits per heavy atom. The molecule has 2 aromatic carbocycles. The number of hydrogen-bond acceptors (Lipinski definition) is 3. The number of hydrogen-bond donors (Lipinski definition) is 1. The van der Waals surface area contributed by atoms with Crippen molar-refractivity contribution in [2.24, 2.45) is 4.99 Å². The minimum atomic E-state index is -0.828. The Morgan fingerprint density at radius 2 is 2.00 bits per heavy atom. The lowest BCUT2D eigenvalue weighted by Crippen LogP contribution is -2.16. The van der Waals surface area contributed by atoms with Crippen molar-refractivity contribution in [3.8, 4) is 5.75 Å². The number of carboxylic acid groups (broad SMARTS) is 1. The summed E-state index contributed by atoms with van der Waals surface area (Å²) in [4.78, 5) is 15.3. The Hall–Kier alpha value is -2.62. The van der Waals surface area contributed by atoms with E-state index in [9.17, 15) is 4.79 Å². The van der Waals surface area contributed by atoms with Gasteiger partial charge in [0.2, 0.25) is 0 Å². The highest BCUT2D eigenvalue weighted by Crippen LogP contribution is 2.32. The lowest BCUT2D eigenvalue weighted by molar-refractivity contribution is -0.136. The van der Waals surface area contributed by atoms with E-state index >= 15 is 0 Å². The highest BCUT2D eigenvalue weighted by molar-refractivity contribution is 6.04. The average Bonchev–Trinajstić information content (AvgIpc) is 2.46. The first-order valence-electron chi connectivity index (χ1n) is 6.74. The summed E-state index contributed by atoms with van der Waals surface area (Å²) in [6.45, 7) is 2.44. The Labute approximate surface area is 122 Å². The van der Waals surface area contributed by atoms with Gasteiger partial charge in [0.1, 0.15) is 18.0 Å². The SMILES string of the molecule is Cc1ccc2c(c1)N=C(c1ccc(CC(=O)O)cc1)CO2. The van der Waals surface area contributed by atoms with Crippen LogP contribution in [-0.4, -0.2) is 23.4 Å². The molecule has 0 bridgehead atoms. The van der Waals surface area contributed by atoms with Crippen LogP contribution in [0.1, 0.15) is 16.7 Å². The van der Waals surface area contributed by atoms with Crippen LogP contribution in [0.15, 0.2) is 47.5 Å². The van der Waals surface area contributed by atoms with Crippen molar-refractivity contribution >= 4 is 17.4 Å². The van der Waals surface area contributed by atoms with Crippen LogP contribution < -0.4 is 4.74 Å². The first kappa shape index (κ1) is 13.4. The molecule has 4 nitrogen and oxygen atoms in total. The molecule has 0 fully saturated rings. The van der Waals surface area contributed by atoms with E-state index in [2.05, 4.69) is 4.99 Å². The van der Waals surface area contributed by atoms with Crippen molar-refractivity contribution in [1.29, 1.82) is 0 Å². The third-order valence-electron chi connectivity index (χ3n) is 3.38. The van der Waals surface area contributed by atoms with Gasteiger partial charge in [-0.05, 0) is 35.7 Å². The third kappa shape index (κ3) is 2.94. The molecule has 0 saturated heterocycles. The highest BCUT2D eigenvalue weighted by Gasteiger charge is 2.14. The van der Waals surface area contributed by atoms with Gasteiger partial charge in [0, 0.05) is 0 Å². The van der Waals surface area contributed by atoms with Gasteiger partial charge in [0.25, 0.3) is 0 Å². The summed E-state index contributed by atoms with van der Waals surface area (Å²) in [7, 11) is 0. The van der Waals surface area contributed by atoms with Gasteiger partial charge in [-0.3, -0.25) is 4.79 Å². The number of benzene rings is 2. The maximum atomic E-state index is 10.7. The molecule has 0 saturated carbocycles. The van der Waals surface area contributed by atoms with Gasteiger partial charge in [-0.1, -0.05) is 30.3 Å². The fraction of sp³-hybridized carbons (Fsp3) is 0.176. The Morgan fingerprint density at radius 1 is 1.24 bits per heavy atom. The number of nitrogens with zero attached hydrogens (tertiary/aromatic N) is 1. The standard InChI is InChI=1S/C17H15NO3/c1-11-2-7-16-14(8-11)18-15(10-21-16)13-5-3-12(4-6-13)9-17(19)20/h2-8H,9-10H2,1H3,(H,19,20). The van der Waals surface area contributed by atoms with E-state index in [1.165, 1.54) is 0 Å². The molecular formula is C17H15NO3. The molecule has 0 radical (unpaired) electrons. The van der Waals surface area contributed by atoms with Gasteiger partial charge in [-0.2, -0.15) is 0 Å². The third-order valence-corrected chi connectivity index (χ3v) is 3.38. The zero-order valence-corrected chi connectivity index (χ0v) is 11.7. The second-order valence-corrected chi connectivity index (χ2v) is 5.09. The van der Waals surface area contributed by atoms with Crippen LogP contribution in [0.25, 0.3) is 0 Å². The molecule has 1 aliphatic heterocycles. The van der Waals surface area contributed by atoms with E-state index in [1.54, 1.807) is 0 Å². The number of aliphatic imine (C=N–C) groups is 1. The molecule has 21 heavy (non-hydrogen) atoms. The second-order valence-electron chi connectivity index (χ2n) is 5.09. The summed E-state index contributed by atoms with van der Waals surface area (Å²) in [5.41, 5.74) is 4.57. The van der Waals surface area contributed by atoms with Crippen LogP contribution in [0, 0.1) is 6.92 Å². The number of ether oxygens (including phenoxy) is 1. The van der Waals surface area contributed by atoms with Crippen molar-refractivity contribution in [3.05, 3.63) is 59.2 Å². The van der Waals surface area contributed by atoms with Gasteiger partial charge in [0.15, 0.2) is 0 Å². The van der Waals surface area contributed by atoms with E-state index in [-0.39, 0.29) is 6.42 Å². The van der Waals surface area contributed by atoms with Crippen molar-refractivity contribution in [1.82, 2.24) is 0 Å². The number of carbonyl (C=O) groups is 1. The van der Waals surface area contributed by atoms with E-state index in [1.807, 2.05) is 49.4 Å². The lowest BCUT2D eigenvalue weighted by atomic mass is 10.1. The number of aryl methyl sites for hydroxylation is 1. The molecule has 0 spiro atoms. The largest absolute Gasteiger partial charge is 0.485 e. The molecule has 106 valence electrons. The van der Waals surface area contributed by atoms with Crippen LogP contribution in [0.3, 0.4) is 0 Å². The fourth-order valence-corrected chi connectivity index (χ4v) is 2.30. The van der Waals surface area contributed by atoms with Crippen LogP contribution in [0.5, 0.6) is 5.75 Å². The van der Waals surface area contributed by atoms with Gasteiger partial charge in [-0.15, -0.1) is 0 Å². The normalized spacial score (nSPS) is 13.1. The lowest BCUT2D eigenvalue weighted by Gasteiger charge is -2.17. The summed E-state index contributed by atoms with van der Waals surface area (Å²) in [5.74, 6) is -0.0302. The average molecular weight is 281 g/mol. The van der Waals surface area contributed by atoms with Gasteiger partial charge in [-0.25, -0.2) is 4.99 Å². The summed E-state index contributed by atoms with van der Waals surface area (Å²) in [6.07, 6.45) is 0.0330. The minimum absolute atomic E-state index is 0.0330. The van der Waals surface area contributed by atoms with Crippen LogP contribution in [-0.2, 0) is 11.2 Å². The van der Waals surface area contributed by atoms with E-state index < -0.39 is 5.97 Å². The Kier molecular flexibility index (Phi) is 3.44. The van der Waals surface area contributed by atoms with E-state index in [0.717, 1.165) is 33.8 Å². The Bertz CT molecular complexity index is 717. The zero-order chi connectivity index (χ0) is 14.8. The fourth-order valence-electron chi connectivity index (χ4n) is 2.30. The number of fused-ring (bicyclic) bond motifs is 1. The molecule has 1 aliphatic rings. The molecule has 0 aliphatic carbocycles. The zero-order valence-electron chi connectivity index (χ0n) is 11.7. The predicted molar refractivity (Wildman–Crippen MR) is 80.7 cm³/mol. The molecule has 0 unspecified atom stereocenters. The maximum absolute atomic E-state index is 10.7.